The summed E-state index contributed by atoms with van der Waals surface area (Å²) in [4.78, 5) is 4.70. The van der Waals surface area contributed by atoms with Crippen molar-refractivity contribution in [3.8, 4) is 5.75 Å². The Morgan fingerprint density at radius 3 is 2.67 bits per heavy atom. The molecule has 3 aromatic rings. The van der Waals surface area contributed by atoms with Crippen molar-refractivity contribution in [3.05, 3.63) is 48.5 Å². The molecule has 0 atom stereocenters. The largest absolute Gasteiger partial charge is 0.495 e. The first-order chi connectivity index (χ1) is 10.3. The van der Waals surface area contributed by atoms with Gasteiger partial charge in [-0.25, -0.2) is 4.98 Å². The number of nitrogens with one attached hydrogen (secondary N) is 1. The number of nitrogens with zero attached hydrogens (tertiary/aromatic N) is 2. The van der Waals surface area contributed by atoms with Gasteiger partial charge in [-0.3, -0.25) is 0 Å². The molecule has 21 heavy (non-hydrogen) atoms. The van der Waals surface area contributed by atoms with Gasteiger partial charge in [0.15, 0.2) is 0 Å². The number of rotatable bonds is 5. The Hall–Kier alpha value is -2.49. The Balaban J connectivity index is 2.05. The van der Waals surface area contributed by atoms with E-state index in [4.69, 9.17) is 9.72 Å². The topological polar surface area (TPSA) is 39.1 Å². The van der Waals surface area contributed by atoms with Crippen molar-refractivity contribution in [2.24, 2.45) is 0 Å². The summed E-state index contributed by atoms with van der Waals surface area (Å²) >= 11 is 0. The fraction of sp³-hybridized carbons (Fsp3) is 0.235. The average molecular weight is 281 g/mol. The van der Waals surface area contributed by atoms with Crippen LogP contribution in [0.1, 0.15) is 13.3 Å². The fourth-order valence-corrected chi connectivity index (χ4v) is 2.49. The Morgan fingerprint density at radius 1 is 1.10 bits per heavy atom. The molecular formula is C17H19N3O. The van der Waals surface area contributed by atoms with E-state index in [1.54, 1.807) is 7.11 Å². The molecule has 0 aliphatic rings. The van der Waals surface area contributed by atoms with Gasteiger partial charge < -0.3 is 14.6 Å². The predicted octanol–water partition coefficient (Wildman–Crippen LogP) is 4.20. The van der Waals surface area contributed by atoms with Crippen LogP contribution in [0.2, 0.25) is 0 Å². The number of aromatic nitrogens is 2. The molecule has 2 aromatic carbocycles. The molecule has 1 N–H and O–H groups in total. The molecule has 0 spiro atoms. The molecule has 0 radical (unpaired) electrons. The number of anilines is 2. The van der Waals surface area contributed by atoms with Crippen LogP contribution in [-0.2, 0) is 6.54 Å². The molecule has 0 aliphatic carbocycles. The van der Waals surface area contributed by atoms with E-state index in [0.29, 0.717) is 0 Å². The molecule has 108 valence electrons. The first-order valence-electron chi connectivity index (χ1n) is 7.18. The van der Waals surface area contributed by atoms with E-state index in [1.807, 2.05) is 42.5 Å². The van der Waals surface area contributed by atoms with Crippen molar-refractivity contribution in [1.29, 1.82) is 0 Å². The fourth-order valence-electron chi connectivity index (χ4n) is 2.49. The Morgan fingerprint density at radius 2 is 1.86 bits per heavy atom. The highest BCUT2D eigenvalue weighted by molar-refractivity contribution is 5.80. The molecule has 4 heteroatoms. The number of hydrogen-bond donors (Lipinski definition) is 1. The lowest BCUT2D eigenvalue weighted by molar-refractivity contribution is 0.416. The lowest BCUT2D eigenvalue weighted by atomic mass is 10.3. The van der Waals surface area contributed by atoms with Gasteiger partial charge in [0, 0.05) is 6.54 Å². The zero-order chi connectivity index (χ0) is 14.7. The smallest absolute Gasteiger partial charge is 0.208 e. The molecule has 1 aromatic heterocycles. The Labute approximate surface area is 124 Å². The minimum atomic E-state index is 0.813. The van der Waals surface area contributed by atoms with Gasteiger partial charge in [-0.15, -0.1) is 0 Å². The average Bonchev–Trinajstić information content (AvgIpc) is 2.86. The lowest BCUT2D eigenvalue weighted by Gasteiger charge is -2.12. The van der Waals surface area contributed by atoms with Crippen LogP contribution < -0.4 is 10.1 Å². The normalized spacial score (nSPS) is 10.8. The molecule has 0 fully saturated rings. The van der Waals surface area contributed by atoms with E-state index in [1.165, 1.54) is 0 Å². The highest BCUT2D eigenvalue weighted by atomic mass is 16.5. The van der Waals surface area contributed by atoms with Crippen molar-refractivity contribution in [2.75, 3.05) is 12.4 Å². The standard InChI is InChI=1S/C17H19N3O/c1-3-12-20-15-10-6-4-8-13(15)18-17(20)19-14-9-5-7-11-16(14)21-2/h4-11H,3,12H2,1-2H3,(H,18,19). The van der Waals surface area contributed by atoms with Gasteiger partial charge in [0.1, 0.15) is 5.75 Å². The third-order valence-corrected chi connectivity index (χ3v) is 3.46. The number of aryl methyl sites for hydroxylation is 1. The maximum Gasteiger partial charge on any atom is 0.208 e. The third-order valence-electron chi connectivity index (χ3n) is 3.46. The second kappa shape index (κ2) is 5.87. The van der Waals surface area contributed by atoms with Gasteiger partial charge in [0.05, 0.1) is 23.8 Å². The van der Waals surface area contributed by atoms with Crippen molar-refractivity contribution < 1.29 is 4.74 Å². The molecule has 0 amide bonds. The molecular weight excluding hydrogens is 262 g/mol. The van der Waals surface area contributed by atoms with Crippen molar-refractivity contribution >= 4 is 22.7 Å². The molecule has 0 unspecified atom stereocenters. The number of ether oxygens (including phenoxy) is 1. The summed E-state index contributed by atoms with van der Waals surface area (Å²) in [7, 11) is 1.68. The van der Waals surface area contributed by atoms with Gasteiger partial charge in [-0.2, -0.15) is 0 Å². The number of benzene rings is 2. The number of para-hydroxylation sites is 4. The summed E-state index contributed by atoms with van der Waals surface area (Å²) < 4.78 is 7.60. The Kier molecular flexibility index (Phi) is 3.77. The van der Waals surface area contributed by atoms with E-state index in [-0.39, 0.29) is 0 Å². The van der Waals surface area contributed by atoms with Crippen molar-refractivity contribution in [1.82, 2.24) is 9.55 Å². The summed E-state index contributed by atoms with van der Waals surface area (Å²) in [5.74, 6) is 1.66. The zero-order valence-electron chi connectivity index (χ0n) is 12.3. The summed E-state index contributed by atoms with van der Waals surface area (Å²) in [6, 6.07) is 16.1. The van der Waals surface area contributed by atoms with E-state index in [2.05, 4.69) is 22.9 Å². The monoisotopic (exact) mass is 281 g/mol. The first kappa shape index (κ1) is 13.5. The summed E-state index contributed by atoms with van der Waals surface area (Å²) in [6.45, 7) is 3.10. The predicted molar refractivity (Wildman–Crippen MR) is 86.3 cm³/mol. The number of hydrogen-bond acceptors (Lipinski definition) is 3. The summed E-state index contributed by atoms with van der Waals surface area (Å²) in [6.07, 6.45) is 1.06. The molecule has 0 aliphatic heterocycles. The van der Waals surface area contributed by atoms with Crippen LogP contribution >= 0.6 is 0 Å². The van der Waals surface area contributed by atoms with Gasteiger partial charge in [-0.1, -0.05) is 31.2 Å². The molecule has 0 saturated heterocycles. The maximum absolute atomic E-state index is 5.39. The van der Waals surface area contributed by atoms with Crippen LogP contribution in [0, 0.1) is 0 Å². The van der Waals surface area contributed by atoms with E-state index >= 15 is 0 Å². The molecule has 0 saturated carbocycles. The van der Waals surface area contributed by atoms with Crippen LogP contribution in [0.15, 0.2) is 48.5 Å². The van der Waals surface area contributed by atoms with Crippen LogP contribution in [-0.4, -0.2) is 16.7 Å². The quantitative estimate of drug-likeness (QED) is 0.762. The minimum Gasteiger partial charge on any atom is -0.495 e. The van der Waals surface area contributed by atoms with Crippen LogP contribution in [0.25, 0.3) is 11.0 Å². The van der Waals surface area contributed by atoms with Crippen molar-refractivity contribution in [3.63, 3.8) is 0 Å². The van der Waals surface area contributed by atoms with Gasteiger partial charge in [0.2, 0.25) is 5.95 Å². The first-order valence-corrected chi connectivity index (χ1v) is 7.18. The van der Waals surface area contributed by atoms with E-state index in [0.717, 1.165) is 41.4 Å². The zero-order valence-corrected chi connectivity index (χ0v) is 12.3. The third kappa shape index (κ3) is 2.57. The van der Waals surface area contributed by atoms with Gasteiger partial charge >= 0.3 is 0 Å². The van der Waals surface area contributed by atoms with E-state index in [9.17, 15) is 0 Å². The van der Waals surface area contributed by atoms with Gasteiger partial charge in [-0.05, 0) is 30.7 Å². The molecule has 4 nitrogen and oxygen atoms in total. The SMILES string of the molecule is CCCn1c(Nc2ccccc2OC)nc2ccccc21. The number of fused-ring (bicyclic) bond motifs is 1. The summed E-state index contributed by atoms with van der Waals surface area (Å²) in [5, 5.41) is 3.39. The second-order valence-corrected chi connectivity index (χ2v) is 4.90. The van der Waals surface area contributed by atoms with Crippen LogP contribution in [0.5, 0.6) is 5.75 Å². The number of imidazole rings is 1. The lowest BCUT2D eigenvalue weighted by Crippen LogP contribution is -2.04. The van der Waals surface area contributed by atoms with Crippen LogP contribution in [0.4, 0.5) is 11.6 Å². The van der Waals surface area contributed by atoms with Gasteiger partial charge in [0.25, 0.3) is 0 Å². The van der Waals surface area contributed by atoms with E-state index < -0.39 is 0 Å². The molecule has 0 bridgehead atoms. The summed E-state index contributed by atoms with van der Waals surface area (Å²) in [5.41, 5.74) is 3.08. The highest BCUT2D eigenvalue weighted by Crippen LogP contribution is 2.28. The minimum absolute atomic E-state index is 0.813. The maximum atomic E-state index is 5.39. The van der Waals surface area contributed by atoms with Crippen LogP contribution in [0.3, 0.4) is 0 Å². The second-order valence-electron chi connectivity index (χ2n) is 4.90. The Bertz CT molecular complexity index is 749. The molecule has 3 rings (SSSR count). The molecule has 1 heterocycles. The van der Waals surface area contributed by atoms with Crippen molar-refractivity contribution in [2.45, 2.75) is 19.9 Å². The highest BCUT2D eigenvalue weighted by Gasteiger charge is 2.11. The number of methoxy groups -OCH3 is 1.